The van der Waals surface area contributed by atoms with Gasteiger partial charge in [0.05, 0.1) is 30.8 Å². The van der Waals surface area contributed by atoms with Crippen LogP contribution in [0.4, 0.5) is 4.79 Å². The molecule has 2 saturated heterocycles. The minimum absolute atomic E-state index is 0.0687. The zero-order valence-corrected chi connectivity index (χ0v) is 11.7. The Morgan fingerprint density at radius 1 is 1.30 bits per heavy atom. The third-order valence-electron chi connectivity index (χ3n) is 3.59. The monoisotopic (exact) mass is 306 g/mol. The number of carboxylic acids is 1. The first-order valence-electron chi connectivity index (χ1n) is 6.43. The number of sulfone groups is 1. The molecule has 2 aliphatic rings. The van der Waals surface area contributed by atoms with Crippen molar-refractivity contribution < 1.29 is 27.9 Å². The van der Waals surface area contributed by atoms with E-state index >= 15 is 0 Å². The number of hydrogen-bond donors (Lipinski definition) is 3. The molecule has 2 amide bonds. The predicted molar refractivity (Wildman–Crippen MR) is 69.0 cm³/mol. The van der Waals surface area contributed by atoms with E-state index < -0.39 is 33.8 Å². The number of rotatable bonds is 4. The Kier molecular flexibility index (Phi) is 4.48. The van der Waals surface area contributed by atoms with Gasteiger partial charge in [-0.15, -0.1) is 0 Å². The molecule has 0 aromatic carbocycles. The van der Waals surface area contributed by atoms with Crippen molar-refractivity contribution in [3.8, 4) is 0 Å². The number of carboxylic acid groups (broad SMARTS) is 1. The average Bonchev–Trinajstić information content (AvgIpc) is 2.93. The lowest BCUT2D eigenvalue weighted by molar-refractivity contribution is -0.142. The van der Waals surface area contributed by atoms with Crippen LogP contribution in [0, 0.1) is 11.8 Å². The highest BCUT2D eigenvalue weighted by molar-refractivity contribution is 7.91. The first-order chi connectivity index (χ1) is 9.37. The summed E-state index contributed by atoms with van der Waals surface area (Å²) in [4.78, 5) is 22.6. The molecule has 0 aromatic rings. The minimum atomic E-state index is -2.96. The summed E-state index contributed by atoms with van der Waals surface area (Å²) in [6, 6.07) is -1.05. The maximum Gasteiger partial charge on any atom is 0.315 e. The zero-order chi connectivity index (χ0) is 14.8. The molecule has 0 radical (unpaired) electrons. The molecule has 2 heterocycles. The van der Waals surface area contributed by atoms with Gasteiger partial charge in [-0.3, -0.25) is 4.79 Å². The second-order valence-corrected chi connectivity index (χ2v) is 7.44. The van der Waals surface area contributed by atoms with Crippen molar-refractivity contribution in [1.29, 1.82) is 0 Å². The molecule has 2 aliphatic heterocycles. The number of carbonyl (C=O) groups excluding carboxylic acids is 1. The van der Waals surface area contributed by atoms with Gasteiger partial charge in [0, 0.05) is 6.54 Å². The molecule has 0 aromatic heterocycles. The van der Waals surface area contributed by atoms with E-state index in [1.165, 1.54) is 0 Å². The summed E-state index contributed by atoms with van der Waals surface area (Å²) < 4.78 is 27.6. The molecule has 2 rings (SSSR count). The van der Waals surface area contributed by atoms with Crippen LogP contribution in [0.5, 0.6) is 0 Å². The second kappa shape index (κ2) is 5.96. The topological polar surface area (TPSA) is 122 Å². The molecular formula is C11H18N2O6S. The lowest BCUT2D eigenvalue weighted by atomic mass is 10.0. The fourth-order valence-electron chi connectivity index (χ4n) is 2.43. The smallest absolute Gasteiger partial charge is 0.315 e. The van der Waals surface area contributed by atoms with Crippen molar-refractivity contribution in [3.05, 3.63) is 0 Å². The summed E-state index contributed by atoms with van der Waals surface area (Å²) in [6.07, 6.45) is 0.549. The van der Waals surface area contributed by atoms with Crippen LogP contribution in [0.25, 0.3) is 0 Å². The van der Waals surface area contributed by atoms with Gasteiger partial charge in [0.1, 0.15) is 5.92 Å². The van der Waals surface area contributed by atoms with E-state index in [9.17, 15) is 18.0 Å². The highest BCUT2D eigenvalue weighted by Crippen LogP contribution is 2.17. The quantitative estimate of drug-likeness (QED) is 0.601. The Morgan fingerprint density at radius 2 is 2.05 bits per heavy atom. The molecule has 0 bridgehead atoms. The predicted octanol–water partition coefficient (Wildman–Crippen LogP) is -1.18. The van der Waals surface area contributed by atoms with Crippen molar-refractivity contribution in [2.45, 2.75) is 12.5 Å². The van der Waals surface area contributed by atoms with Gasteiger partial charge in [-0.05, 0) is 12.3 Å². The molecule has 3 unspecified atom stereocenters. The van der Waals surface area contributed by atoms with Crippen molar-refractivity contribution in [1.82, 2.24) is 10.6 Å². The number of ether oxygens (including phenoxy) is 1. The van der Waals surface area contributed by atoms with Gasteiger partial charge in [0.25, 0.3) is 0 Å². The summed E-state index contributed by atoms with van der Waals surface area (Å²) >= 11 is 0. The normalized spacial score (nSPS) is 31.9. The van der Waals surface area contributed by atoms with Crippen LogP contribution in [0.15, 0.2) is 0 Å². The molecule has 3 atom stereocenters. The fourth-order valence-corrected chi connectivity index (χ4v) is 4.29. The van der Waals surface area contributed by atoms with Crippen molar-refractivity contribution >= 4 is 21.8 Å². The lowest BCUT2D eigenvalue weighted by Gasteiger charge is -2.17. The molecule has 0 spiro atoms. The van der Waals surface area contributed by atoms with Crippen LogP contribution in [0.1, 0.15) is 6.42 Å². The third-order valence-corrected chi connectivity index (χ3v) is 5.43. The van der Waals surface area contributed by atoms with Gasteiger partial charge < -0.3 is 20.5 Å². The average molecular weight is 306 g/mol. The second-order valence-electron chi connectivity index (χ2n) is 5.21. The van der Waals surface area contributed by atoms with Gasteiger partial charge in [0.15, 0.2) is 9.84 Å². The Bertz CT molecular complexity index is 491. The number of amides is 2. The maximum atomic E-state index is 11.7. The molecule has 0 aliphatic carbocycles. The van der Waals surface area contributed by atoms with E-state index in [1.807, 2.05) is 0 Å². The number of hydrogen-bond acceptors (Lipinski definition) is 5. The number of nitrogens with one attached hydrogen (secondary N) is 2. The van der Waals surface area contributed by atoms with E-state index in [-0.39, 0.29) is 37.2 Å². The highest BCUT2D eigenvalue weighted by Gasteiger charge is 2.35. The molecule has 0 saturated carbocycles. The molecule has 8 nitrogen and oxygen atoms in total. The van der Waals surface area contributed by atoms with Gasteiger partial charge >= 0.3 is 12.0 Å². The van der Waals surface area contributed by atoms with E-state index in [0.717, 1.165) is 0 Å². The lowest BCUT2D eigenvalue weighted by Crippen LogP contribution is -2.48. The standard InChI is InChI=1S/C11H18N2O6S/c14-10(15)8-4-19-5-9(8)13-11(16)12-3-7-1-2-20(17,18)6-7/h7-9H,1-6H2,(H,14,15)(H2,12,13,16). The number of carbonyl (C=O) groups is 2. The Labute approximate surface area is 116 Å². The Balaban J connectivity index is 1.74. The first-order valence-corrected chi connectivity index (χ1v) is 8.25. The van der Waals surface area contributed by atoms with Crippen LogP contribution >= 0.6 is 0 Å². The molecule has 20 heavy (non-hydrogen) atoms. The van der Waals surface area contributed by atoms with Gasteiger partial charge in [-0.25, -0.2) is 13.2 Å². The van der Waals surface area contributed by atoms with Crippen molar-refractivity contribution in [2.24, 2.45) is 11.8 Å². The fraction of sp³-hybridized carbons (Fsp3) is 0.818. The Morgan fingerprint density at radius 3 is 2.65 bits per heavy atom. The van der Waals surface area contributed by atoms with Crippen molar-refractivity contribution in [2.75, 3.05) is 31.3 Å². The van der Waals surface area contributed by atoms with Crippen molar-refractivity contribution in [3.63, 3.8) is 0 Å². The van der Waals surface area contributed by atoms with E-state index in [2.05, 4.69) is 10.6 Å². The summed E-state index contributed by atoms with van der Waals surface area (Å²) in [7, 11) is -2.96. The van der Waals surface area contributed by atoms with Crippen LogP contribution in [0.2, 0.25) is 0 Å². The SMILES string of the molecule is O=C(NCC1CCS(=O)(=O)C1)NC1COCC1C(=O)O. The minimum Gasteiger partial charge on any atom is -0.481 e. The largest absolute Gasteiger partial charge is 0.481 e. The van der Waals surface area contributed by atoms with Gasteiger partial charge in [-0.1, -0.05) is 0 Å². The number of aliphatic carboxylic acids is 1. The molecule has 2 fully saturated rings. The Hall–Kier alpha value is -1.35. The van der Waals surface area contributed by atoms with Gasteiger partial charge in [0.2, 0.25) is 0 Å². The van der Waals surface area contributed by atoms with Crippen LogP contribution < -0.4 is 10.6 Å². The summed E-state index contributed by atoms with van der Waals surface area (Å²) in [5.41, 5.74) is 0. The highest BCUT2D eigenvalue weighted by atomic mass is 32.2. The molecular weight excluding hydrogens is 288 g/mol. The maximum absolute atomic E-state index is 11.7. The molecule has 3 N–H and O–H groups in total. The van der Waals surface area contributed by atoms with Crippen LogP contribution in [-0.2, 0) is 19.4 Å². The van der Waals surface area contributed by atoms with Crippen LogP contribution in [0.3, 0.4) is 0 Å². The van der Waals surface area contributed by atoms with Crippen LogP contribution in [-0.4, -0.2) is 62.8 Å². The number of urea groups is 1. The summed E-state index contributed by atoms with van der Waals surface area (Å²) in [5, 5.41) is 14.1. The van der Waals surface area contributed by atoms with Gasteiger partial charge in [-0.2, -0.15) is 0 Å². The summed E-state index contributed by atoms with van der Waals surface area (Å²) in [5.74, 6) is -1.56. The molecule has 9 heteroatoms. The zero-order valence-electron chi connectivity index (χ0n) is 10.9. The third kappa shape index (κ3) is 3.83. The van der Waals surface area contributed by atoms with E-state index in [0.29, 0.717) is 6.42 Å². The van der Waals surface area contributed by atoms with E-state index in [4.69, 9.17) is 9.84 Å². The molecule has 114 valence electrons. The van der Waals surface area contributed by atoms with E-state index in [1.54, 1.807) is 0 Å². The first kappa shape index (κ1) is 15.0. The summed E-state index contributed by atoms with van der Waals surface area (Å²) in [6.45, 7) is 0.528.